The second kappa shape index (κ2) is 6.01. The Kier molecular flexibility index (Phi) is 6.06. The smallest absolute Gasteiger partial charge is 0.211 e. The van der Waals surface area contributed by atoms with Crippen molar-refractivity contribution < 1.29 is 8.42 Å². The van der Waals surface area contributed by atoms with E-state index in [1.807, 2.05) is 6.92 Å². The predicted molar refractivity (Wildman–Crippen MR) is 69.2 cm³/mol. The molecule has 5 heteroatoms. The summed E-state index contributed by atoms with van der Waals surface area (Å²) >= 11 is 0. The van der Waals surface area contributed by atoms with Gasteiger partial charge in [-0.05, 0) is 12.8 Å². The van der Waals surface area contributed by atoms with Crippen LogP contribution in [-0.2, 0) is 10.0 Å². The predicted octanol–water partition coefficient (Wildman–Crippen LogP) is 2.56. The van der Waals surface area contributed by atoms with E-state index in [-0.39, 0.29) is 5.25 Å². The van der Waals surface area contributed by atoms with Crippen molar-refractivity contribution in [2.24, 2.45) is 5.14 Å². The van der Waals surface area contributed by atoms with Gasteiger partial charge in [-0.25, -0.2) is 13.6 Å². The Labute approximate surface area is 95.5 Å². The van der Waals surface area contributed by atoms with Gasteiger partial charge in [-0.2, -0.15) is 0 Å². The molecule has 1 unspecified atom stereocenters. The van der Waals surface area contributed by atoms with Gasteiger partial charge >= 0.3 is 0 Å². The molecule has 0 radical (unpaired) electrons. The highest BCUT2D eigenvalue weighted by molar-refractivity contribution is 7.89. The van der Waals surface area contributed by atoms with Crippen LogP contribution in [0.5, 0.6) is 0 Å². The third-order valence-corrected chi connectivity index (χ3v) is 5.78. The molecule has 0 aliphatic carbocycles. The van der Waals surface area contributed by atoms with Crippen LogP contribution in [0.1, 0.15) is 32.6 Å². The molecule has 0 rings (SSSR count). The minimum atomic E-state index is -3.33. The zero-order valence-corrected chi connectivity index (χ0v) is 12.2. The Morgan fingerprint density at radius 3 is 2.07 bits per heavy atom. The lowest BCUT2D eigenvalue weighted by atomic mass is 10.2. The fraction of sp³-hybridized carbons (Fsp3) is 1.00. The van der Waals surface area contributed by atoms with Crippen molar-refractivity contribution in [1.82, 2.24) is 0 Å². The van der Waals surface area contributed by atoms with E-state index >= 15 is 0 Å². The van der Waals surface area contributed by atoms with Gasteiger partial charge in [0.25, 0.3) is 0 Å². The molecule has 0 spiro atoms. The number of nitrogens with two attached hydrogens (primary N) is 1. The third kappa shape index (κ3) is 7.99. The average molecular weight is 251 g/mol. The molecule has 0 amide bonds. The van der Waals surface area contributed by atoms with Gasteiger partial charge in [-0.3, -0.25) is 0 Å². The van der Waals surface area contributed by atoms with Crippen molar-refractivity contribution in [1.29, 1.82) is 0 Å². The molecule has 2 N–H and O–H groups in total. The molecule has 92 valence electrons. The highest BCUT2D eigenvalue weighted by atomic mass is 32.2. The molecule has 0 heterocycles. The fourth-order valence-electron chi connectivity index (χ4n) is 1.65. The maximum absolute atomic E-state index is 11.3. The fourth-order valence-corrected chi connectivity index (χ4v) is 3.98. The molecule has 0 aliphatic rings. The van der Waals surface area contributed by atoms with Gasteiger partial charge in [0.1, 0.15) is 0 Å². The quantitative estimate of drug-likeness (QED) is 0.707. The van der Waals surface area contributed by atoms with E-state index in [4.69, 9.17) is 5.14 Å². The van der Waals surface area contributed by atoms with Gasteiger partial charge in [0.2, 0.25) is 10.0 Å². The normalized spacial score (nSPS) is 15.3. The van der Waals surface area contributed by atoms with Crippen molar-refractivity contribution >= 4 is 18.1 Å². The van der Waals surface area contributed by atoms with Crippen LogP contribution >= 0.6 is 0 Å². The summed E-state index contributed by atoms with van der Waals surface area (Å²) in [5, 5.41) is 4.88. The van der Waals surface area contributed by atoms with E-state index in [9.17, 15) is 8.42 Å². The lowest BCUT2D eigenvalue weighted by Crippen LogP contribution is -2.29. The van der Waals surface area contributed by atoms with Crippen molar-refractivity contribution in [2.75, 3.05) is 0 Å². The number of rotatable bonds is 7. The van der Waals surface area contributed by atoms with Crippen LogP contribution in [-0.4, -0.2) is 21.7 Å². The van der Waals surface area contributed by atoms with E-state index in [1.165, 1.54) is 6.04 Å². The van der Waals surface area contributed by atoms with Crippen molar-refractivity contribution in [3.8, 4) is 0 Å². The summed E-state index contributed by atoms with van der Waals surface area (Å²) in [6.07, 6.45) is 3.31. The monoisotopic (exact) mass is 251 g/mol. The summed E-state index contributed by atoms with van der Waals surface area (Å²) in [4.78, 5) is 0. The Morgan fingerprint density at radius 2 is 1.73 bits per heavy atom. The molecular weight excluding hydrogens is 226 g/mol. The minimum absolute atomic E-state index is 0.321. The first-order chi connectivity index (χ1) is 6.67. The highest BCUT2D eigenvalue weighted by Gasteiger charge is 2.21. The first-order valence-electron chi connectivity index (χ1n) is 5.68. The molecule has 0 saturated heterocycles. The molecule has 0 aliphatic heterocycles. The number of sulfonamides is 1. The van der Waals surface area contributed by atoms with Crippen LogP contribution in [0.15, 0.2) is 0 Å². The molecular formula is C10H25NO2SSi. The molecule has 1 atom stereocenters. The van der Waals surface area contributed by atoms with Gasteiger partial charge in [0, 0.05) is 8.07 Å². The lowest BCUT2D eigenvalue weighted by Gasteiger charge is -2.18. The second-order valence-corrected chi connectivity index (χ2v) is 12.9. The Morgan fingerprint density at radius 1 is 1.20 bits per heavy atom. The maximum Gasteiger partial charge on any atom is 0.211 e. The Hall–Kier alpha value is 0.127. The lowest BCUT2D eigenvalue weighted by molar-refractivity contribution is 0.555. The zero-order chi connectivity index (χ0) is 12.1. The molecule has 0 aromatic heterocycles. The van der Waals surface area contributed by atoms with Crippen LogP contribution in [0, 0.1) is 0 Å². The zero-order valence-electron chi connectivity index (χ0n) is 10.4. The van der Waals surface area contributed by atoms with E-state index in [0.29, 0.717) is 6.42 Å². The van der Waals surface area contributed by atoms with Gasteiger partial charge in [-0.15, -0.1) is 0 Å². The number of primary sulfonamides is 1. The van der Waals surface area contributed by atoms with Crippen molar-refractivity contribution in [3.63, 3.8) is 0 Å². The summed E-state index contributed by atoms with van der Waals surface area (Å²) < 4.78 is 22.5. The Bertz CT molecular complexity index is 270. The van der Waals surface area contributed by atoms with Gasteiger partial charge in [0.05, 0.1) is 5.25 Å². The minimum Gasteiger partial charge on any atom is -0.228 e. The van der Waals surface area contributed by atoms with Crippen LogP contribution in [0.2, 0.25) is 25.7 Å². The van der Waals surface area contributed by atoms with E-state index < -0.39 is 18.1 Å². The van der Waals surface area contributed by atoms with Crippen molar-refractivity contribution in [2.45, 2.75) is 63.5 Å². The van der Waals surface area contributed by atoms with Crippen LogP contribution < -0.4 is 5.14 Å². The van der Waals surface area contributed by atoms with Gasteiger partial charge < -0.3 is 0 Å². The summed E-state index contributed by atoms with van der Waals surface area (Å²) in [6, 6.07) is 1.18. The van der Waals surface area contributed by atoms with E-state index in [1.54, 1.807) is 0 Å². The molecule has 0 aromatic rings. The number of hydrogen-bond donors (Lipinski definition) is 1. The summed E-state index contributed by atoms with van der Waals surface area (Å²) in [7, 11) is -4.37. The van der Waals surface area contributed by atoms with E-state index in [2.05, 4.69) is 19.6 Å². The standard InChI is InChI=1S/C10H25NO2SSi/c1-5-7-10(14(11,12)13)8-6-9-15(2,3)4/h10H,5-9H2,1-4H3,(H2,11,12,13). The second-order valence-electron chi connectivity index (χ2n) is 5.45. The van der Waals surface area contributed by atoms with Crippen LogP contribution in [0.4, 0.5) is 0 Å². The first-order valence-corrected chi connectivity index (χ1v) is 11.0. The highest BCUT2D eigenvalue weighted by Crippen LogP contribution is 2.18. The van der Waals surface area contributed by atoms with Gasteiger partial charge in [0.15, 0.2) is 0 Å². The Balaban J connectivity index is 4.10. The molecule has 15 heavy (non-hydrogen) atoms. The SMILES string of the molecule is CCCC(CCC[Si](C)(C)C)S(N)(=O)=O. The number of hydrogen-bond acceptors (Lipinski definition) is 2. The first kappa shape index (κ1) is 15.1. The maximum atomic E-state index is 11.3. The molecule has 3 nitrogen and oxygen atoms in total. The summed E-state index contributed by atoms with van der Waals surface area (Å²) in [5.41, 5.74) is 0. The molecule has 0 fully saturated rings. The van der Waals surface area contributed by atoms with Crippen LogP contribution in [0.25, 0.3) is 0 Å². The largest absolute Gasteiger partial charge is 0.228 e. The average Bonchev–Trinajstić information content (AvgIpc) is 1.98. The molecule has 0 aromatic carbocycles. The topological polar surface area (TPSA) is 60.2 Å². The van der Waals surface area contributed by atoms with Gasteiger partial charge in [-0.1, -0.05) is 45.5 Å². The molecule has 0 saturated carbocycles. The summed E-state index contributed by atoms with van der Waals surface area (Å²) in [6.45, 7) is 8.91. The van der Waals surface area contributed by atoms with E-state index in [0.717, 1.165) is 19.3 Å². The third-order valence-electron chi connectivity index (χ3n) is 2.53. The van der Waals surface area contributed by atoms with Crippen molar-refractivity contribution in [3.05, 3.63) is 0 Å². The molecule has 0 bridgehead atoms. The van der Waals surface area contributed by atoms with Crippen LogP contribution in [0.3, 0.4) is 0 Å². The summed E-state index contributed by atoms with van der Waals surface area (Å²) in [5.74, 6) is 0.